The summed E-state index contributed by atoms with van der Waals surface area (Å²) < 4.78 is 38.9. The molecule has 0 aromatic heterocycles. The Balaban J connectivity index is 2.19. The molecule has 2 rings (SSSR count). The van der Waals surface area contributed by atoms with Crippen LogP contribution in [0.3, 0.4) is 0 Å². The molecule has 2 N–H and O–H groups in total. The van der Waals surface area contributed by atoms with Crippen LogP contribution in [0.25, 0.3) is 0 Å². The largest absolute Gasteiger partial charge is 0.380 e. The topological polar surface area (TPSA) is 49.3 Å². The lowest BCUT2D eigenvalue weighted by atomic mass is 10.0. The standard InChI is InChI=1S/C12H12F3NO2/c13-7-5-9(15)10(6-8(7)14)16-11(17)12(18)3-1-2-4-12/h5-6,18H,1-4H2,(H,16,17). The summed E-state index contributed by atoms with van der Waals surface area (Å²) in [4.78, 5) is 11.7. The molecule has 0 bridgehead atoms. The second kappa shape index (κ2) is 4.61. The number of halogens is 3. The molecule has 6 heteroatoms. The summed E-state index contributed by atoms with van der Waals surface area (Å²) in [5.74, 6) is -4.45. The van der Waals surface area contributed by atoms with Crippen LogP contribution in [-0.2, 0) is 4.79 Å². The van der Waals surface area contributed by atoms with Gasteiger partial charge in [0, 0.05) is 12.1 Å². The van der Waals surface area contributed by atoms with Gasteiger partial charge in [-0.1, -0.05) is 0 Å². The average Bonchev–Trinajstić information content (AvgIpc) is 2.74. The maximum absolute atomic E-state index is 13.3. The Morgan fingerprint density at radius 2 is 1.67 bits per heavy atom. The molecule has 0 aliphatic heterocycles. The van der Waals surface area contributed by atoms with Gasteiger partial charge in [0.15, 0.2) is 11.6 Å². The van der Waals surface area contributed by atoms with Crippen LogP contribution in [0, 0.1) is 17.5 Å². The third-order valence-corrected chi connectivity index (χ3v) is 3.11. The van der Waals surface area contributed by atoms with Crippen molar-refractivity contribution in [3.05, 3.63) is 29.6 Å². The van der Waals surface area contributed by atoms with Crippen molar-refractivity contribution in [2.24, 2.45) is 0 Å². The lowest BCUT2D eigenvalue weighted by Crippen LogP contribution is -2.40. The van der Waals surface area contributed by atoms with E-state index in [0.717, 1.165) is 0 Å². The predicted molar refractivity (Wildman–Crippen MR) is 58.4 cm³/mol. The van der Waals surface area contributed by atoms with Crippen LogP contribution in [0.5, 0.6) is 0 Å². The molecule has 0 heterocycles. The molecule has 1 saturated carbocycles. The zero-order valence-corrected chi connectivity index (χ0v) is 9.47. The highest BCUT2D eigenvalue weighted by molar-refractivity contribution is 5.97. The molecule has 1 aromatic carbocycles. The Labute approximate surface area is 102 Å². The van der Waals surface area contributed by atoms with E-state index < -0.39 is 34.6 Å². The van der Waals surface area contributed by atoms with Crippen LogP contribution in [0.1, 0.15) is 25.7 Å². The second-order valence-corrected chi connectivity index (χ2v) is 4.44. The zero-order valence-electron chi connectivity index (χ0n) is 9.47. The molecule has 0 spiro atoms. The first-order valence-electron chi connectivity index (χ1n) is 5.61. The van der Waals surface area contributed by atoms with E-state index in [4.69, 9.17) is 0 Å². The molecular weight excluding hydrogens is 247 g/mol. The first-order chi connectivity index (χ1) is 8.42. The number of anilines is 1. The van der Waals surface area contributed by atoms with Crippen molar-refractivity contribution in [3.63, 3.8) is 0 Å². The second-order valence-electron chi connectivity index (χ2n) is 4.44. The highest BCUT2D eigenvalue weighted by Gasteiger charge is 2.39. The van der Waals surface area contributed by atoms with E-state index >= 15 is 0 Å². The minimum absolute atomic E-state index is 0.282. The summed E-state index contributed by atoms with van der Waals surface area (Å²) in [6.07, 6.45) is 1.96. The lowest BCUT2D eigenvalue weighted by Gasteiger charge is -2.21. The predicted octanol–water partition coefficient (Wildman–Crippen LogP) is 2.35. The minimum atomic E-state index is -1.54. The summed E-state index contributed by atoms with van der Waals surface area (Å²) in [5.41, 5.74) is -2.02. The van der Waals surface area contributed by atoms with Crippen LogP contribution < -0.4 is 5.32 Å². The molecular formula is C12H12F3NO2. The summed E-state index contributed by atoms with van der Waals surface area (Å²) in [5, 5.41) is 12.0. The molecule has 1 amide bonds. The molecule has 18 heavy (non-hydrogen) atoms. The zero-order chi connectivity index (χ0) is 13.3. The fourth-order valence-electron chi connectivity index (χ4n) is 2.04. The number of carbonyl (C=O) groups is 1. The van der Waals surface area contributed by atoms with Gasteiger partial charge in [-0.15, -0.1) is 0 Å². The molecule has 98 valence electrons. The number of hydrogen-bond acceptors (Lipinski definition) is 2. The molecule has 0 radical (unpaired) electrons. The fourth-order valence-corrected chi connectivity index (χ4v) is 2.04. The van der Waals surface area contributed by atoms with E-state index in [9.17, 15) is 23.1 Å². The van der Waals surface area contributed by atoms with Crippen molar-refractivity contribution in [2.75, 3.05) is 5.32 Å². The monoisotopic (exact) mass is 259 g/mol. The Morgan fingerprint density at radius 1 is 1.11 bits per heavy atom. The van der Waals surface area contributed by atoms with Crippen molar-refractivity contribution >= 4 is 11.6 Å². The third kappa shape index (κ3) is 2.33. The lowest BCUT2D eigenvalue weighted by molar-refractivity contribution is -0.133. The fraction of sp³-hybridized carbons (Fsp3) is 0.417. The van der Waals surface area contributed by atoms with E-state index in [-0.39, 0.29) is 12.8 Å². The van der Waals surface area contributed by atoms with Gasteiger partial charge >= 0.3 is 0 Å². The number of aliphatic hydroxyl groups is 1. The first kappa shape index (κ1) is 12.9. The Kier molecular flexibility index (Phi) is 3.30. The first-order valence-corrected chi connectivity index (χ1v) is 5.61. The Bertz CT molecular complexity index is 484. The van der Waals surface area contributed by atoms with Gasteiger partial charge in [0.05, 0.1) is 5.69 Å². The van der Waals surface area contributed by atoms with E-state index in [1.54, 1.807) is 0 Å². The maximum atomic E-state index is 13.3. The van der Waals surface area contributed by atoms with Gasteiger partial charge in [-0.2, -0.15) is 0 Å². The number of rotatable bonds is 2. The third-order valence-electron chi connectivity index (χ3n) is 3.11. The number of benzene rings is 1. The molecule has 1 aliphatic carbocycles. The highest BCUT2D eigenvalue weighted by atomic mass is 19.2. The van der Waals surface area contributed by atoms with Crippen molar-refractivity contribution in [2.45, 2.75) is 31.3 Å². The Hall–Kier alpha value is -1.56. The molecule has 0 saturated heterocycles. The van der Waals surface area contributed by atoms with Gasteiger partial charge in [0.2, 0.25) is 0 Å². The summed E-state index contributed by atoms with van der Waals surface area (Å²) in [7, 11) is 0. The van der Waals surface area contributed by atoms with E-state index in [2.05, 4.69) is 5.32 Å². The summed E-state index contributed by atoms with van der Waals surface area (Å²) in [6, 6.07) is 0.907. The van der Waals surface area contributed by atoms with Crippen LogP contribution >= 0.6 is 0 Å². The van der Waals surface area contributed by atoms with Crippen LogP contribution in [0.2, 0.25) is 0 Å². The van der Waals surface area contributed by atoms with Crippen LogP contribution in [-0.4, -0.2) is 16.6 Å². The van der Waals surface area contributed by atoms with Gasteiger partial charge in [-0.25, -0.2) is 13.2 Å². The molecule has 1 fully saturated rings. The van der Waals surface area contributed by atoms with Gasteiger partial charge in [0.1, 0.15) is 11.4 Å². The van der Waals surface area contributed by atoms with Crippen molar-refractivity contribution in [1.29, 1.82) is 0 Å². The SMILES string of the molecule is O=C(Nc1cc(F)c(F)cc1F)C1(O)CCCC1. The number of nitrogens with one attached hydrogen (secondary N) is 1. The van der Waals surface area contributed by atoms with Gasteiger partial charge < -0.3 is 10.4 Å². The van der Waals surface area contributed by atoms with Crippen LogP contribution in [0.15, 0.2) is 12.1 Å². The van der Waals surface area contributed by atoms with Crippen molar-refractivity contribution in [1.82, 2.24) is 0 Å². The quantitative estimate of drug-likeness (QED) is 0.801. The molecule has 1 aliphatic rings. The maximum Gasteiger partial charge on any atom is 0.256 e. The number of amides is 1. The van der Waals surface area contributed by atoms with E-state index in [1.165, 1.54) is 0 Å². The molecule has 1 aromatic rings. The summed E-state index contributed by atoms with van der Waals surface area (Å²) >= 11 is 0. The van der Waals surface area contributed by atoms with Gasteiger partial charge in [-0.05, 0) is 25.7 Å². The van der Waals surface area contributed by atoms with Gasteiger partial charge in [-0.3, -0.25) is 4.79 Å². The van der Waals surface area contributed by atoms with E-state index in [1.807, 2.05) is 0 Å². The van der Waals surface area contributed by atoms with Crippen molar-refractivity contribution < 1.29 is 23.1 Å². The van der Waals surface area contributed by atoms with E-state index in [0.29, 0.717) is 25.0 Å². The molecule has 3 nitrogen and oxygen atoms in total. The smallest absolute Gasteiger partial charge is 0.256 e. The van der Waals surface area contributed by atoms with Crippen LogP contribution in [0.4, 0.5) is 18.9 Å². The van der Waals surface area contributed by atoms with Crippen molar-refractivity contribution in [3.8, 4) is 0 Å². The van der Waals surface area contributed by atoms with Gasteiger partial charge in [0.25, 0.3) is 5.91 Å². The number of hydrogen-bond donors (Lipinski definition) is 2. The minimum Gasteiger partial charge on any atom is -0.380 e. The number of carbonyl (C=O) groups excluding carboxylic acids is 1. The summed E-state index contributed by atoms with van der Waals surface area (Å²) in [6.45, 7) is 0. The molecule has 0 atom stereocenters. The Morgan fingerprint density at radius 3 is 2.28 bits per heavy atom. The highest BCUT2D eigenvalue weighted by Crippen LogP contribution is 2.31. The average molecular weight is 259 g/mol. The molecule has 0 unspecified atom stereocenters. The normalized spacial score (nSPS) is 17.8.